The van der Waals surface area contributed by atoms with Gasteiger partial charge >= 0.3 is 0 Å². The summed E-state index contributed by atoms with van der Waals surface area (Å²) in [5.74, 6) is 0.626. The summed E-state index contributed by atoms with van der Waals surface area (Å²) in [6, 6.07) is 0. The minimum absolute atomic E-state index is 0.322. The van der Waals surface area contributed by atoms with Gasteiger partial charge in [-0.05, 0) is 19.4 Å². The second kappa shape index (κ2) is 7.26. The molecule has 6 heteroatoms. The third-order valence-electron chi connectivity index (χ3n) is 2.98. The molecule has 0 unspecified atom stereocenters. The van der Waals surface area contributed by atoms with Crippen LogP contribution < -0.4 is 5.32 Å². The summed E-state index contributed by atoms with van der Waals surface area (Å²) < 4.78 is 28.8. The molecule has 0 bridgehead atoms. The zero-order chi connectivity index (χ0) is 13.7. The second-order valence-electron chi connectivity index (χ2n) is 4.69. The highest BCUT2D eigenvalue weighted by molar-refractivity contribution is 7.11. The number of thiazole rings is 1. The van der Waals surface area contributed by atoms with Gasteiger partial charge < -0.3 is 10.1 Å². The first-order valence-electron chi connectivity index (χ1n) is 6.75. The lowest BCUT2D eigenvalue weighted by Gasteiger charge is -2.00. The van der Waals surface area contributed by atoms with Crippen LogP contribution in [0, 0.1) is 0 Å². The molecule has 0 saturated heterocycles. The largest absolute Gasteiger partial charge is 0.375 e. The summed E-state index contributed by atoms with van der Waals surface area (Å²) in [6.45, 7) is 3.72. The number of nitrogens with one attached hydrogen (secondary N) is 1. The van der Waals surface area contributed by atoms with Crippen LogP contribution in [0.1, 0.15) is 41.3 Å². The number of ether oxygens (including phenoxy) is 1. The van der Waals surface area contributed by atoms with Gasteiger partial charge in [0.2, 0.25) is 0 Å². The number of rotatable bonds is 9. The monoisotopic (exact) mass is 290 g/mol. The molecule has 3 nitrogen and oxygen atoms in total. The summed E-state index contributed by atoms with van der Waals surface area (Å²) in [5.41, 5.74) is 1.22. The molecule has 0 aliphatic heterocycles. The molecular weight excluding hydrogens is 270 g/mol. The van der Waals surface area contributed by atoms with Crippen molar-refractivity contribution in [1.29, 1.82) is 0 Å². The van der Waals surface area contributed by atoms with E-state index in [4.69, 9.17) is 4.74 Å². The van der Waals surface area contributed by atoms with Crippen LogP contribution in [-0.2, 0) is 17.7 Å². The fraction of sp³-hybridized carbons (Fsp3) is 0.769. The van der Waals surface area contributed by atoms with Gasteiger partial charge in [-0.3, -0.25) is 0 Å². The lowest BCUT2D eigenvalue weighted by atomic mass is 10.2. The zero-order valence-corrected chi connectivity index (χ0v) is 11.9. The number of hydrogen-bond acceptors (Lipinski definition) is 4. The number of alkyl halides is 2. The van der Waals surface area contributed by atoms with Crippen LogP contribution in [0.15, 0.2) is 0 Å². The summed E-state index contributed by atoms with van der Waals surface area (Å²) in [5, 5.41) is 4.33. The molecule has 0 radical (unpaired) electrons. The summed E-state index contributed by atoms with van der Waals surface area (Å²) in [7, 11) is 0. The summed E-state index contributed by atoms with van der Waals surface area (Å²) in [4.78, 5) is 5.95. The zero-order valence-electron chi connectivity index (χ0n) is 11.1. The van der Waals surface area contributed by atoms with E-state index in [1.54, 1.807) is 11.3 Å². The smallest absolute Gasteiger partial charge is 0.261 e. The van der Waals surface area contributed by atoms with Gasteiger partial charge in [0, 0.05) is 23.8 Å². The first kappa shape index (κ1) is 14.8. The molecule has 1 aromatic heterocycles. The average Bonchev–Trinajstić information content (AvgIpc) is 3.14. The van der Waals surface area contributed by atoms with E-state index in [0.29, 0.717) is 18.9 Å². The Kier molecular flexibility index (Phi) is 5.66. The fourth-order valence-corrected chi connectivity index (χ4v) is 3.00. The van der Waals surface area contributed by atoms with Gasteiger partial charge in [0.05, 0.1) is 17.3 Å². The maximum atomic E-state index is 11.9. The summed E-state index contributed by atoms with van der Waals surface area (Å²) >= 11 is 1.69. The molecule has 0 amide bonds. The van der Waals surface area contributed by atoms with Gasteiger partial charge in [0.15, 0.2) is 0 Å². The molecule has 0 spiro atoms. The number of halogens is 2. The fourth-order valence-electron chi connectivity index (χ4n) is 1.89. The normalized spacial score (nSPS) is 15.4. The van der Waals surface area contributed by atoms with Crippen molar-refractivity contribution in [3.8, 4) is 0 Å². The Balaban J connectivity index is 1.86. The van der Waals surface area contributed by atoms with E-state index in [1.807, 2.05) is 0 Å². The molecule has 19 heavy (non-hydrogen) atoms. The molecular formula is C13H20F2N2OS. The summed E-state index contributed by atoms with van der Waals surface area (Å²) in [6.07, 6.45) is 0.694. The molecule has 1 saturated carbocycles. The van der Waals surface area contributed by atoms with E-state index in [1.165, 1.54) is 23.4 Å². The van der Waals surface area contributed by atoms with Gasteiger partial charge in [0.25, 0.3) is 6.43 Å². The minimum Gasteiger partial charge on any atom is -0.375 e. The van der Waals surface area contributed by atoms with E-state index in [0.717, 1.165) is 18.1 Å². The second-order valence-corrected chi connectivity index (χ2v) is 5.85. The van der Waals surface area contributed by atoms with Crippen molar-refractivity contribution >= 4 is 11.3 Å². The quantitative estimate of drug-likeness (QED) is 0.710. The third-order valence-corrected chi connectivity index (χ3v) is 4.11. The lowest BCUT2D eigenvalue weighted by Crippen LogP contribution is -2.11. The van der Waals surface area contributed by atoms with Crippen molar-refractivity contribution < 1.29 is 13.5 Å². The first-order chi connectivity index (χ1) is 9.20. The molecule has 1 fully saturated rings. The average molecular weight is 290 g/mol. The number of aromatic nitrogens is 1. The molecule has 0 aromatic carbocycles. The predicted octanol–water partition coefficient (Wildman–Crippen LogP) is 2.95. The molecule has 1 aliphatic carbocycles. The molecule has 1 N–H and O–H groups in total. The van der Waals surface area contributed by atoms with Gasteiger partial charge in [0.1, 0.15) is 6.61 Å². The Labute approximate surface area is 116 Å². The van der Waals surface area contributed by atoms with E-state index < -0.39 is 13.0 Å². The van der Waals surface area contributed by atoms with Gasteiger partial charge in [-0.25, -0.2) is 13.8 Å². The van der Waals surface area contributed by atoms with E-state index in [2.05, 4.69) is 17.2 Å². The van der Waals surface area contributed by atoms with Crippen LogP contribution in [0.25, 0.3) is 0 Å². The molecule has 1 aromatic rings. The highest BCUT2D eigenvalue weighted by Crippen LogP contribution is 2.42. The maximum absolute atomic E-state index is 11.9. The van der Waals surface area contributed by atoms with Crippen LogP contribution in [0.4, 0.5) is 8.78 Å². The Morgan fingerprint density at radius 1 is 1.47 bits per heavy atom. The van der Waals surface area contributed by atoms with Crippen molar-refractivity contribution in [1.82, 2.24) is 10.3 Å². The van der Waals surface area contributed by atoms with Crippen molar-refractivity contribution in [3.63, 3.8) is 0 Å². The van der Waals surface area contributed by atoms with Crippen LogP contribution in [0.2, 0.25) is 0 Å². The van der Waals surface area contributed by atoms with E-state index >= 15 is 0 Å². The molecule has 2 rings (SSSR count). The van der Waals surface area contributed by atoms with Crippen molar-refractivity contribution in [2.24, 2.45) is 0 Å². The van der Waals surface area contributed by atoms with Crippen LogP contribution in [0.3, 0.4) is 0 Å². The Morgan fingerprint density at radius 2 is 2.26 bits per heavy atom. The maximum Gasteiger partial charge on any atom is 0.261 e. The Morgan fingerprint density at radius 3 is 2.89 bits per heavy atom. The third kappa shape index (κ3) is 4.78. The molecule has 1 heterocycles. The Bertz CT molecular complexity index is 394. The highest BCUT2D eigenvalue weighted by atomic mass is 32.1. The number of hydrogen-bond donors (Lipinski definition) is 1. The minimum atomic E-state index is -2.39. The SMILES string of the molecule is CCNCc1sc(CCOCC(F)F)nc1C1CC1. The van der Waals surface area contributed by atoms with Crippen LogP contribution in [0.5, 0.6) is 0 Å². The van der Waals surface area contributed by atoms with E-state index in [9.17, 15) is 8.78 Å². The lowest BCUT2D eigenvalue weighted by molar-refractivity contribution is 0.0187. The van der Waals surface area contributed by atoms with Gasteiger partial charge in [-0.15, -0.1) is 11.3 Å². The molecule has 0 atom stereocenters. The van der Waals surface area contributed by atoms with E-state index in [-0.39, 0.29) is 0 Å². The first-order valence-corrected chi connectivity index (χ1v) is 7.57. The Hall–Kier alpha value is -0.590. The van der Waals surface area contributed by atoms with Crippen molar-refractivity contribution in [3.05, 3.63) is 15.6 Å². The van der Waals surface area contributed by atoms with Crippen LogP contribution >= 0.6 is 11.3 Å². The predicted molar refractivity (Wildman–Crippen MR) is 72.0 cm³/mol. The topological polar surface area (TPSA) is 34.1 Å². The van der Waals surface area contributed by atoms with Crippen molar-refractivity contribution in [2.75, 3.05) is 19.8 Å². The highest BCUT2D eigenvalue weighted by Gasteiger charge is 2.29. The van der Waals surface area contributed by atoms with Gasteiger partial charge in [-0.2, -0.15) is 0 Å². The van der Waals surface area contributed by atoms with Crippen LogP contribution in [-0.4, -0.2) is 31.2 Å². The molecule has 1 aliphatic rings. The molecule has 108 valence electrons. The number of nitrogens with zero attached hydrogens (tertiary/aromatic N) is 1. The van der Waals surface area contributed by atoms with Gasteiger partial charge in [-0.1, -0.05) is 6.92 Å². The standard InChI is InChI=1S/C13H20F2N2OS/c1-2-16-7-10-13(9-3-4-9)17-12(19-10)5-6-18-8-11(14)15/h9,11,16H,2-8H2,1H3. The van der Waals surface area contributed by atoms with Crippen molar-refractivity contribution in [2.45, 2.75) is 45.1 Å².